The second-order valence-electron chi connectivity index (χ2n) is 6.00. The number of nitrogens with one attached hydrogen (secondary N) is 1. The Morgan fingerprint density at radius 3 is 2.42 bits per heavy atom. The third-order valence-electron chi connectivity index (χ3n) is 3.84. The van der Waals surface area contributed by atoms with Crippen molar-refractivity contribution in [3.8, 4) is 5.75 Å². The van der Waals surface area contributed by atoms with E-state index in [-0.39, 0.29) is 5.91 Å². The molecule has 26 heavy (non-hydrogen) atoms. The Hall–Kier alpha value is -0.980. The van der Waals surface area contributed by atoms with Crippen LogP contribution in [0.15, 0.2) is 36.4 Å². The van der Waals surface area contributed by atoms with Gasteiger partial charge in [0.05, 0.1) is 16.7 Å². The van der Waals surface area contributed by atoms with Crippen molar-refractivity contribution in [2.75, 3.05) is 11.9 Å². The van der Waals surface area contributed by atoms with Gasteiger partial charge in [0.1, 0.15) is 0 Å². The van der Waals surface area contributed by atoms with E-state index in [2.05, 4.69) is 34.8 Å². The van der Waals surface area contributed by atoms with E-state index in [1.54, 1.807) is 12.1 Å². The number of benzene rings is 2. The number of carbonyl (C=O) groups is 1. The van der Waals surface area contributed by atoms with Gasteiger partial charge in [-0.25, -0.2) is 0 Å². The summed E-state index contributed by atoms with van der Waals surface area (Å²) in [7, 11) is 0. The number of hydrogen-bond donors (Lipinski definition) is 1. The molecule has 2 aromatic rings. The van der Waals surface area contributed by atoms with Gasteiger partial charge >= 0.3 is 0 Å². The fourth-order valence-electron chi connectivity index (χ4n) is 2.48. The van der Waals surface area contributed by atoms with Gasteiger partial charge in [-0.2, -0.15) is 0 Å². The maximum Gasteiger partial charge on any atom is 0.255 e. The van der Waals surface area contributed by atoms with Crippen molar-refractivity contribution >= 4 is 57.4 Å². The lowest BCUT2D eigenvalue weighted by atomic mass is 10.1. The molecule has 0 aromatic heterocycles. The van der Waals surface area contributed by atoms with Gasteiger partial charge in [0, 0.05) is 14.8 Å². The van der Waals surface area contributed by atoms with Crippen LogP contribution in [0.4, 0.5) is 5.69 Å². The number of hydrogen-bond acceptors (Lipinski definition) is 2. The van der Waals surface area contributed by atoms with Crippen LogP contribution in [0.5, 0.6) is 5.75 Å². The van der Waals surface area contributed by atoms with Crippen molar-refractivity contribution in [1.82, 2.24) is 0 Å². The molecule has 0 spiro atoms. The number of amides is 1. The van der Waals surface area contributed by atoms with Crippen LogP contribution in [0.25, 0.3) is 0 Å². The lowest BCUT2D eigenvalue weighted by Gasteiger charge is -2.12. The largest absolute Gasteiger partial charge is 0.490 e. The molecule has 0 unspecified atom stereocenters. The third kappa shape index (κ3) is 6.63. The van der Waals surface area contributed by atoms with Gasteiger partial charge in [-0.1, -0.05) is 61.9 Å². The fourth-order valence-corrected chi connectivity index (χ4v) is 3.62. The molecule has 0 aliphatic rings. The van der Waals surface area contributed by atoms with Crippen molar-refractivity contribution in [2.45, 2.75) is 39.0 Å². The molecular formula is C20H22Cl2INO2. The minimum Gasteiger partial charge on any atom is -0.490 e. The van der Waals surface area contributed by atoms with Gasteiger partial charge in [-0.3, -0.25) is 4.79 Å². The molecule has 0 saturated heterocycles. The Morgan fingerprint density at radius 2 is 1.77 bits per heavy atom. The summed E-state index contributed by atoms with van der Waals surface area (Å²) in [6.07, 6.45) is 5.75. The molecule has 0 fully saturated rings. The first-order valence-corrected chi connectivity index (χ1v) is 10.5. The van der Waals surface area contributed by atoms with Crippen LogP contribution in [-0.2, 0) is 0 Å². The molecule has 1 amide bonds. The third-order valence-corrected chi connectivity index (χ3v) is 5.07. The molecule has 0 bridgehead atoms. The first kappa shape index (κ1) is 21.3. The van der Waals surface area contributed by atoms with Crippen LogP contribution in [-0.4, -0.2) is 12.5 Å². The SMILES string of the molecule is CCCCCCCOc1c(Cl)cc(C(=O)Nc2cccc(I)c2)cc1Cl. The zero-order chi connectivity index (χ0) is 18.9. The number of ether oxygens (including phenoxy) is 1. The highest BCUT2D eigenvalue weighted by Gasteiger charge is 2.14. The van der Waals surface area contributed by atoms with E-state index in [9.17, 15) is 4.79 Å². The van der Waals surface area contributed by atoms with Gasteiger partial charge in [-0.15, -0.1) is 0 Å². The van der Waals surface area contributed by atoms with Gasteiger partial charge in [0.25, 0.3) is 5.91 Å². The molecule has 2 rings (SSSR count). The van der Waals surface area contributed by atoms with E-state index in [0.29, 0.717) is 28.0 Å². The normalized spacial score (nSPS) is 10.6. The van der Waals surface area contributed by atoms with Crippen LogP contribution in [0, 0.1) is 3.57 Å². The van der Waals surface area contributed by atoms with Crippen LogP contribution in [0.3, 0.4) is 0 Å². The van der Waals surface area contributed by atoms with Gasteiger partial charge in [0.2, 0.25) is 0 Å². The predicted molar refractivity (Wildman–Crippen MR) is 118 cm³/mol. The van der Waals surface area contributed by atoms with E-state index in [1.807, 2.05) is 24.3 Å². The maximum atomic E-state index is 12.4. The highest BCUT2D eigenvalue weighted by Crippen LogP contribution is 2.34. The highest BCUT2D eigenvalue weighted by atomic mass is 127. The second-order valence-corrected chi connectivity index (χ2v) is 8.06. The lowest BCUT2D eigenvalue weighted by molar-refractivity contribution is 0.102. The van der Waals surface area contributed by atoms with E-state index in [0.717, 1.165) is 22.1 Å². The molecule has 0 saturated carbocycles. The average molecular weight is 506 g/mol. The Labute approximate surface area is 178 Å². The molecule has 0 radical (unpaired) electrons. The fraction of sp³-hybridized carbons (Fsp3) is 0.350. The molecule has 1 N–H and O–H groups in total. The summed E-state index contributed by atoms with van der Waals surface area (Å²) in [5.41, 5.74) is 1.12. The van der Waals surface area contributed by atoms with E-state index in [1.165, 1.54) is 19.3 Å². The number of rotatable bonds is 9. The Morgan fingerprint density at radius 1 is 1.08 bits per heavy atom. The monoisotopic (exact) mass is 505 g/mol. The van der Waals surface area contributed by atoms with Crippen molar-refractivity contribution in [2.24, 2.45) is 0 Å². The van der Waals surface area contributed by atoms with Crippen LogP contribution < -0.4 is 10.1 Å². The predicted octanol–water partition coefficient (Wildman–Crippen LogP) is 7.20. The zero-order valence-corrected chi connectivity index (χ0v) is 18.3. The van der Waals surface area contributed by atoms with E-state index < -0.39 is 0 Å². The number of unbranched alkanes of at least 4 members (excludes halogenated alkanes) is 4. The van der Waals surface area contributed by atoms with Crippen molar-refractivity contribution < 1.29 is 9.53 Å². The number of carbonyl (C=O) groups excluding carboxylic acids is 1. The minimum atomic E-state index is -0.262. The van der Waals surface area contributed by atoms with Crippen molar-refractivity contribution in [1.29, 1.82) is 0 Å². The highest BCUT2D eigenvalue weighted by molar-refractivity contribution is 14.1. The summed E-state index contributed by atoms with van der Waals surface area (Å²) in [5, 5.41) is 3.54. The van der Waals surface area contributed by atoms with Gasteiger partial charge < -0.3 is 10.1 Å². The summed E-state index contributed by atoms with van der Waals surface area (Å²) >= 11 is 14.8. The molecule has 2 aromatic carbocycles. The van der Waals surface area contributed by atoms with E-state index >= 15 is 0 Å². The quantitative estimate of drug-likeness (QED) is 0.289. The summed E-state index contributed by atoms with van der Waals surface area (Å²) in [6, 6.07) is 10.7. The second kappa shape index (κ2) is 11.0. The average Bonchev–Trinajstić information content (AvgIpc) is 2.59. The molecule has 3 nitrogen and oxygen atoms in total. The number of halogens is 3. The van der Waals surface area contributed by atoms with Crippen molar-refractivity contribution in [3.63, 3.8) is 0 Å². The maximum absolute atomic E-state index is 12.4. The van der Waals surface area contributed by atoms with Crippen LogP contribution in [0.1, 0.15) is 49.4 Å². The van der Waals surface area contributed by atoms with Gasteiger partial charge in [0.15, 0.2) is 5.75 Å². The molecule has 0 aliphatic heterocycles. The Balaban J connectivity index is 1.98. The topological polar surface area (TPSA) is 38.3 Å². The van der Waals surface area contributed by atoms with E-state index in [4.69, 9.17) is 27.9 Å². The molecule has 0 aliphatic carbocycles. The summed E-state index contributed by atoms with van der Waals surface area (Å²) in [4.78, 5) is 12.4. The molecular weight excluding hydrogens is 484 g/mol. The summed E-state index contributed by atoms with van der Waals surface area (Å²) in [5.74, 6) is 0.177. The molecule has 0 heterocycles. The van der Waals surface area contributed by atoms with Crippen LogP contribution in [0.2, 0.25) is 10.0 Å². The lowest BCUT2D eigenvalue weighted by Crippen LogP contribution is -2.12. The zero-order valence-electron chi connectivity index (χ0n) is 14.7. The standard InChI is InChI=1S/C20H22Cl2INO2/c1-2-3-4-5-6-10-26-19-17(21)11-14(12-18(19)22)20(25)24-16-9-7-8-15(23)13-16/h7-9,11-13H,2-6,10H2,1H3,(H,24,25). The first-order chi connectivity index (χ1) is 12.5. The molecule has 140 valence electrons. The van der Waals surface area contributed by atoms with Crippen molar-refractivity contribution in [3.05, 3.63) is 55.6 Å². The van der Waals surface area contributed by atoms with Gasteiger partial charge in [-0.05, 0) is 59.3 Å². The molecule has 6 heteroatoms. The molecule has 0 atom stereocenters. The Bertz CT molecular complexity index is 729. The summed E-state index contributed by atoms with van der Waals surface area (Å²) in [6.45, 7) is 2.75. The first-order valence-electron chi connectivity index (χ1n) is 8.70. The minimum absolute atomic E-state index is 0.262. The summed E-state index contributed by atoms with van der Waals surface area (Å²) < 4.78 is 6.76. The number of anilines is 1. The Kier molecular flexibility index (Phi) is 9.02. The smallest absolute Gasteiger partial charge is 0.255 e. The van der Waals surface area contributed by atoms with Crippen LogP contribution >= 0.6 is 45.8 Å².